The number of aromatic nitrogens is 1. The number of nitrogens with one attached hydrogen (secondary N) is 1. The van der Waals surface area contributed by atoms with Gasteiger partial charge in [0.15, 0.2) is 5.13 Å². The Morgan fingerprint density at radius 3 is 2.71 bits per heavy atom. The van der Waals surface area contributed by atoms with Gasteiger partial charge in [0, 0.05) is 9.79 Å². The summed E-state index contributed by atoms with van der Waals surface area (Å²) in [5.41, 5.74) is 1.98. The minimum Gasteiger partial charge on any atom is -0.302 e. The Balaban J connectivity index is 1.68. The summed E-state index contributed by atoms with van der Waals surface area (Å²) >= 11 is 4.98. The fourth-order valence-corrected chi connectivity index (χ4v) is 4.56. The first-order valence-electron chi connectivity index (χ1n) is 7.64. The maximum atomic E-state index is 12.3. The predicted molar refractivity (Wildman–Crippen MR) is 107 cm³/mol. The molecule has 6 heteroatoms. The molecule has 2 aromatic carbocycles. The fourth-order valence-electron chi connectivity index (χ4n) is 2.36. The summed E-state index contributed by atoms with van der Waals surface area (Å²) < 4.78 is 1.10. The molecule has 0 unspecified atom stereocenters. The zero-order valence-corrected chi connectivity index (χ0v) is 16.0. The lowest BCUT2D eigenvalue weighted by molar-refractivity contribution is -0.115. The molecule has 0 aliphatic heterocycles. The van der Waals surface area contributed by atoms with Gasteiger partial charge >= 0.3 is 0 Å². The van der Waals surface area contributed by atoms with E-state index < -0.39 is 0 Å². The first-order valence-corrected chi connectivity index (χ1v) is 10.7. The largest absolute Gasteiger partial charge is 0.302 e. The van der Waals surface area contributed by atoms with Crippen LogP contribution in [0.2, 0.25) is 0 Å². The number of thiazole rings is 1. The number of thioether (sulfide) groups is 2. The summed E-state index contributed by atoms with van der Waals surface area (Å²) in [5.74, 6) is 1.02. The van der Waals surface area contributed by atoms with Gasteiger partial charge in [0.2, 0.25) is 5.91 Å². The number of amides is 1. The van der Waals surface area contributed by atoms with Crippen LogP contribution in [0.1, 0.15) is 12.5 Å². The average molecular weight is 375 g/mol. The highest BCUT2D eigenvalue weighted by molar-refractivity contribution is 7.99. The van der Waals surface area contributed by atoms with E-state index >= 15 is 0 Å². The summed E-state index contributed by atoms with van der Waals surface area (Å²) in [4.78, 5) is 19.2. The van der Waals surface area contributed by atoms with Crippen molar-refractivity contribution in [3.05, 3.63) is 48.0 Å². The summed E-state index contributed by atoms with van der Waals surface area (Å²) in [6, 6.07) is 14.3. The van der Waals surface area contributed by atoms with Crippen molar-refractivity contribution in [2.75, 3.05) is 17.3 Å². The molecule has 3 aromatic rings. The lowest BCUT2D eigenvalue weighted by Crippen LogP contribution is -2.14. The van der Waals surface area contributed by atoms with Crippen LogP contribution in [0.15, 0.2) is 52.3 Å². The summed E-state index contributed by atoms with van der Waals surface area (Å²) in [5, 5.41) is 3.59. The highest BCUT2D eigenvalue weighted by atomic mass is 32.2. The quantitative estimate of drug-likeness (QED) is 0.594. The van der Waals surface area contributed by atoms with Gasteiger partial charge in [0.1, 0.15) is 0 Å². The number of benzene rings is 2. The fraction of sp³-hybridized carbons (Fsp3) is 0.222. The number of fused-ring (bicyclic) bond motifs is 1. The van der Waals surface area contributed by atoms with E-state index in [0.29, 0.717) is 11.6 Å². The Morgan fingerprint density at radius 1 is 1.21 bits per heavy atom. The molecule has 1 heterocycles. The van der Waals surface area contributed by atoms with Crippen molar-refractivity contribution in [1.29, 1.82) is 0 Å². The molecular weight excluding hydrogens is 356 g/mol. The van der Waals surface area contributed by atoms with Gasteiger partial charge < -0.3 is 5.32 Å². The standard InChI is InChI=1S/C18H18N2OS3/c1-3-23-13-9-7-12(8-10-13)11-16(21)19-18-20-17-14(22-2)5-4-6-15(17)24-18/h4-10H,3,11H2,1-2H3,(H,19,20,21). The van der Waals surface area contributed by atoms with Gasteiger partial charge in [0.05, 0.1) is 16.6 Å². The summed E-state index contributed by atoms with van der Waals surface area (Å²) in [6.45, 7) is 2.13. The first-order chi connectivity index (χ1) is 11.7. The number of carbonyl (C=O) groups is 1. The number of rotatable bonds is 6. The SMILES string of the molecule is CCSc1ccc(CC(=O)Nc2nc3c(SC)cccc3s2)cc1. The highest BCUT2D eigenvalue weighted by Gasteiger charge is 2.11. The molecule has 1 N–H and O–H groups in total. The molecule has 0 aliphatic rings. The number of hydrogen-bond acceptors (Lipinski definition) is 5. The molecule has 0 bridgehead atoms. The Labute approximate surface area is 154 Å². The number of nitrogens with zero attached hydrogens (tertiary/aromatic N) is 1. The van der Waals surface area contributed by atoms with E-state index in [1.54, 1.807) is 23.5 Å². The van der Waals surface area contributed by atoms with Crippen LogP contribution in [0.3, 0.4) is 0 Å². The normalized spacial score (nSPS) is 10.9. The van der Waals surface area contributed by atoms with Gasteiger partial charge in [-0.15, -0.1) is 23.5 Å². The Hall–Kier alpha value is -1.50. The van der Waals surface area contributed by atoms with Crippen LogP contribution in [0.5, 0.6) is 0 Å². The van der Waals surface area contributed by atoms with Crippen LogP contribution < -0.4 is 5.32 Å². The average Bonchev–Trinajstić information content (AvgIpc) is 2.99. The molecule has 0 saturated heterocycles. The second kappa shape index (κ2) is 8.05. The minimum atomic E-state index is -0.0318. The monoisotopic (exact) mass is 374 g/mol. The van der Waals surface area contributed by atoms with Gasteiger partial charge in [-0.2, -0.15) is 0 Å². The Bertz CT molecular complexity index is 843. The molecule has 1 amide bonds. The zero-order chi connectivity index (χ0) is 16.9. The van der Waals surface area contributed by atoms with Crippen molar-refractivity contribution < 1.29 is 4.79 Å². The van der Waals surface area contributed by atoms with E-state index in [1.165, 1.54) is 16.2 Å². The van der Waals surface area contributed by atoms with E-state index in [9.17, 15) is 4.79 Å². The molecular formula is C18H18N2OS3. The smallest absolute Gasteiger partial charge is 0.230 e. The summed E-state index contributed by atoms with van der Waals surface area (Å²) in [6.07, 6.45) is 2.40. The van der Waals surface area contributed by atoms with Crippen molar-refractivity contribution in [3.8, 4) is 0 Å². The van der Waals surface area contributed by atoms with Crippen molar-refractivity contribution in [3.63, 3.8) is 0 Å². The van der Waals surface area contributed by atoms with E-state index in [4.69, 9.17) is 0 Å². The minimum absolute atomic E-state index is 0.0318. The third-order valence-corrected chi connectivity index (χ3v) is 6.05. The number of anilines is 1. The van der Waals surface area contributed by atoms with E-state index in [-0.39, 0.29) is 5.91 Å². The number of hydrogen-bond donors (Lipinski definition) is 1. The molecule has 124 valence electrons. The highest BCUT2D eigenvalue weighted by Crippen LogP contribution is 2.32. The van der Waals surface area contributed by atoms with Crippen LogP contribution in [0.25, 0.3) is 10.2 Å². The van der Waals surface area contributed by atoms with Crippen LogP contribution in [0.4, 0.5) is 5.13 Å². The molecule has 0 radical (unpaired) electrons. The van der Waals surface area contributed by atoms with Crippen LogP contribution in [-0.4, -0.2) is 22.9 Å². The molecule has 0 atom stereocenters. The topological polar surface area (TPSA) is 42.0 Å². The van der Waals surface area contributed by atoms with Crippen LogP contribution in [0, 0.1) is 0 Å². The molecule has 3 nitrogen and oxygen atoms in total. The van der Waals surface area contributed by atoms with Crippen molar-refractivity contribution in [1.82, 2.24) is 4.98 Å². The lowest BCUT2D eigenvalue weighted by Gasteiger charge is -2.03. The second-order valence-corrected chi connectivity index (χ2v) is 8.34. The molecule has 24 heavy (non-hydrogen) atoms. The second-order valence-electron chi connectivity index (χ2n) is 5.13. The van der Waals surface area contributed by atoms with Gasteiger partial charge in [0.25, 0.3) is 0 Å². The van der Waals surface area contributed by atoms with E-state index in [1.807, 2.05) is 36.6 Å². The number of para-hydroxylation sites is 1. The Morgan fingerprint density at radius 2 is 2.00 bits per heavy atom. The maximum absolute atomic E-state index is 12.3. The van der Waals surface area contributed by atoms with Crippen LogP contribution in [-0.2, 0) is 11.2 Å². The van der Waals surface area contributed by atoms with Crippen molar-refractivity contribution in [2.24, 2.45) is 0 Å². The molecule has 0 aliphatic carbocycles. The predicted octanol–water partition coefficient (Wildman–Crippen LogP) is 5.31. The lowest BCUT2D eigenvalue weighted by atomic mass is 10.1. The van der Waals surface area contributed by atoms with Gasteiger partial charge in [-0.1, -0.05) is 36.5 Å². The molecule has 0 spiro atoms. The molecule has 3 rings (SSSR count). The van der Waals surface area contributed by atoms with Crippen molar-refractivity contribution in [2.45, 2.75) is 23.1 Å². The van der Waals surface area contributed by atoms with Gasteiger partial charge in [-0.3, -0.25) is 4.79 Å². The number of carbonyl (C=O) groups excluding carboxylic acids is 1. The van der Waals surface area contributed by atoms with E-state index in [2.05, 4.69) is 29.4 Å². The first kappa shape index (κ1) is 17.3. The van der Waals surface area contributed by atoms with Gasteiger partial charge in [-0.05, 0) is 41.8 Å². The Kier molecular flexibility index (Phi) is 5.81. The summed E-state index contributed by atoms with van der Waals surface area (Å²) in [7, 11) is 0. The molecule has 1 aromatic heterocycles. The van der Waals surface area contributed by atoms with Gasteiger partial charge in [-0.25, -0.2) is 4.98 Å². The molecule has 0 saturated carbocycles. The third kappa shape index (κ3) is 4.12. The van der Waals surface area contributed by atoms with Crippen molar-refractivity contribution >= 4 is 56.1 Å². The zero-order valence-electron chi connectivity index (χ0n) is 13.5. The van der Waals surface area contributed by atoms with E-state index in [0.717, 1.165) is 26.4 Å². The third-order valence-electron chi connectivity index (χ3n) is 3.45. The molecule has 0 fully saturated rings. The van der Waals surface area contributed by atoms with Crippen LogP contribution >= 0.6 is 34.9 Å². The maximum Gasteiger partial charge on any atom is 0.230 e.